The number of esters is 3. The molecule has 6 heteroatoms. The fraction of sp³-hybridized carbons (Fsp3) is 0.757. The average Bonchev–Trinajstić information content (AvgIpc) is 3.42. The third-order valence-corrected chi connectivity index (χ3v) is 14.1. The predicted molar refractivity (Wildman–Crippen MR) is 330 cm³/mol. The SMILES string of the molecule is CC/C=C\C/C=C\C/C=C\C/C=C\C/C=C\C/C=C\CCCCCCCCCCCCCCCCCCC(=O)OCC(COC(=O)CCCCCCC)OC(=O)CCCCCCCCC/C=C\CCCCCCCCC. The third kappa shape index (κ3) is 61.4. The first-order valence-corrected chi connectivity index (χ1v) is 32.6. The van der Waals surface area contributed by atoms with Crippen LogP contribution in [0.1, 0.15) is 323 Å². The van der Waals surface area contributed by atoms with Crippen molar-refractivity contribution in [3.63, 3.8) is 0 Å². The summed E-state index contributed by atoms with van der Waals surface area (Å²) < 4.78 is 16.8. The van der Waals surface area contributed by atoms with Gasteiger partial charge in [0.2, 0.25) is 0 Å². The highest BCUT2D eigenvalue weighted by atomic mass is 16.6. The molecule has 0 aliphatic heterocycles. The molecule has 0 heterocycles. The molecule has 0 aromatic heterocycles. The molecule has 6 nitrogen and oxygen atoms in total. The largest absolute Gasteiger partial charge is 0.462 e. The van der Waals surface area contributed by atoms with Gasteiger partial charge in [0.25, 0.3) is 0 Å². The van der Waals surface area contributed by atoms with E-state index in [1.807, 2.05) is 0 Å². The smallest absolute Gasteiger partial charge is 0.306 e. The Balaban J connectivity index is 3.95. The molecule has 1 unspecified atom stereocenters. The average molecular weight is 1060 g/mol. The molecule has 0 rings (SSSR count). The van der Waals surface area contributed by atoms with E-state index in [2.05, 4.69) is 106 Å². The van der Waals surface area contributed by atoms with Crippen molar-refractivity contribution in [1.29, 1.82) is 0 Å². The fourth-order valence-electron chi connectivity index (χ4n) is 9.27. The summed E-state index contributed by atoms with van der Waals surface area (Å²) in [7, 11) is 0. The van der Waals surface area contributed by atoms with Gasteiger partial charge in [0.05, 0.1) is 0 Å². The van der Waals surface area contributed by atoms with E-state index in [0.29, 0.717) is 19.3 Å². The number of allylic oxidation sites excluding steroid dienone is 14. The summed E-state index contributed by atoms with van der Waals surface area (Å²) in [6, 6.07) is 0. The Morgan fingerprint density at radius 3 is 0.816 bits per heavy atom. The van der Waals surface area contributed by atoms with Crippen molar-refractivity contribution >= 4 is 17.9 Å². The lowest BCUT2D eigenvalue weighted by molar-refractivity contribution is -0.167. The number of carbonyl (C=O) groups excluding carboxylic acids is 3. The number of ether oxygens (including phenoxy) is 3. The molecule has 0 radical (unpaired) electrons. The van der Waals surface area contributed by atoms with Crippen molar-refractivity contribution in [1.82, 2.24) is 0 Å². The first kappa shape index (κ1) is 72.6. The van der Waals surface area contributed by atoms with E-state index in [4.69, 9.17) is 14.2 Å². The Morgan fingerprint density at radius 1 is 0.276 bits per heavy atom. The minimum atomic E-state index is -0.773. The van der Waals surface area contributed by atoms with Crippen LogP contribution in [-0.2, 0) is 28.6 Å². The van der Waals surface area contributed by atoms with Crippen molar-refractivity contribution in [2.45, 2.75) is 329 Å². The van der Waals surface area contributed by atoms with E-state index in [9.17, 15) is 14.4 Å². The summed E-state index contributed by atoms with van der Waals surface area (Å²) in [6.45, 7) is 6.47. The maximum absolute atomic E-state index is 12.8. The molecule has 0 aromatic carbocycles. The molecule has 0 saturated heterocycles. The molecule has 0 saturated carbocycles. The highest BCUT2D eigenvalue weighted by Gasteiger charge is 2.19. The predicted octanol–water partition coefficient (Wildman–Crippen LogP) is 22.3. The summed E-state index contributed by atoms with van der Waals surface area (Å²) in [5, 5.41) is 0. The summed E-state index contributed by atoms with van der Waals surface area (Å²) in [5.74, 6) is -0.881. The Hall–Kier alpha value is -3.41. The van der Waals surface area contributed by atoms with Gasteiger partial charge in [0, 0.05) is 19.3 Å². The number of rotatable bonds is 59. The lowest BCUT2D eigenvalue weighted by Gasteiger charge is -2.18. The summed E-state index contributed by atoms with van der Waals surface area (Å²) in [5.41, 5.74) is 0. The van der Waals surface area contributed by atoms with Crippen molar-refractivity contribution in [3.05, 3.63) is 85.1 Å². The van der Waals surface area contributed by atoms with Crippen molar-refractivity contribution < 1.29 is 28.6 Å². The fourth-order valence-corrected chi connectivity index (χ4v) is 9.27. The molecule has 0 spiro atoms. The van der Waals surface area contributed by atoms with Crippen molar-refractivity contribution in [3.8, 4) is 0 Å². The molecule has 0 N–H and O–H groups in total. The molecule has 1 atom stereocenters. The molecule has 0 aromatic rings. The lowest BCUT2D eigenvalue weighted by Crippen LogP contribution is -2.30. The molecular formula is C70H122O6. The third-order valence-electron chi connectivity index (χ3n) is 14.1. The zero-order valence-corrected chi connectivity index (χ0v) is 50.3. The Morgan fingerprint density at radius 2 is 0.513 bits per heavy atom. The number of unbranched alkanes of at least 4 members (excludes halogenated alkanes) is 34. The second-order valence-corrected chi connectivity index (χ2v) is 21.6. The van der Waals surface area contributed by atoms with E-state index in [-0.39, 0.29) is 31.1 Å². The minimum Gasteiger partial charge on any atom is -0.462 e. The number of hydrogen-bond donors (Lipinski definition) is 0. The van der Waals surface area contributed by atoms with Crippen LogP contribution in [0.5, 0.6) is 0 Å². The van der Waals surface area contributed by atoms with Gasteiger partial charge in [-0.3, -0.25) is 14.4 Å². The van der Waals surface area contributed by atoms with E-state index < -0.39 is 6.10 Å². The van der Waals surface area contributed by atoms with Gasteiger partial charge < -0.3 is 14.2 Å². The van der Waals surface area contributed by atoms with Crippen LogP contribution in [-0.4, -0.2) is 37.2 Å². The van der Waals surface area contributed by atoms with Crippen molar-refractivity contribution in [2.75, 3.05) is 13.2 Å². The monoisotopic (exact) mass is 1060 g/mol. The van der Waals surface area contributed by atoms with Crippen LogP contribution in [0.3, 0.4) is 0 Å². The Labute approximate surface area is 471 Å². The molecule has 0 amide bonds. The van der Waals surface area contributed by atoms with Gasteiger partial charge >= 0.3 is 17.9 Å². The topological polar surface area (TPSA) is 78.9 Å². The maximum atomic E-state index is 12.8. The molecular weight excluding hydrogens is 937 g/mol. The van der Waals surface area contributed by atoms with Crippen LogP contribution in [0, 0.1) is 0 Å². The van der Waals surface area contributed by atoms with Crippen LogP contribution in [0.4, 0.5) is 0 Å². The second-order valence-electron chi connectivity index (χ2n) is 21.6. The zero-order chi connectivity index (χ0) is 55.0. The van der Waals surface area contributed by atoms with Gasteiger partial charge in [-0.15, -0.1) is 0 Å². The van der Waals surface area contributed by atoms with Gasteiger partial charge in [-0.2, -0.15) is 0 Å². The molecule has 76 heavy (non-hydrogen) atoms. The van der Waals surface area contributed by atoms with E-state index in [0.717, 1.165) is 103 Å². The standard InChI is InChI=1S/C70H122O6/c1-4-7-10-13-15-17-19-21-23-25-27-28-29-30-31-32-33-34-35-36-37-38-39-40-41-42-43-45-46-48-50-52-54-57-60-63-69(72)75-66-67(65-74-68(71)62-59-56-12-9-6-3)76-70(73)64-61-58-55-53-51-49-47-44-26-24-22-20-18-16-14-11-8-5-2/h7,10,15,17,21,23-24,26-28,30-31,33-34,67H,4-6,8-9,11-14,16,18-20,22,25,29,32,35-66H2,1-3H3/b10-7-,17-15-,23-21-,26-24-,28-27-,31-30-,34-33-. The van der Waals surface area contributed by atoms with Gasteiger partial charge in [-0.1, -0.05) is 292 Å². The first-order chi connectivity index (χ1) is 37.5. The van der Waals surface area contributed by atoms with E-state index >= 15 is 0 Å². The van der Waals surface area contributed by atoms with Crippen LogP contribution in [0.25, 0.3) is 0 Å². The summed E-state index contributed by atoms with van der Waals surface area (Å²) in [6.07, 6.45) is 85.1. The molecule has 0 fully saturated rings. The van der Waals surface area contributed by atoms with Crippen LogP contribution < -0.4 is 0 Å². The van der Waals surface area contributed by atoms with Crippen LogP contribution in [0.2, 0.25) is 0 Å². The first-order valence-electron chi connectivity index (χ1n) is 32.6. The summed E-state index contributed by atoms with van der Waals surface area (Å²) >= 11 is 0. The second kappa shape index (κ2) is 64.1. The quantitative estimate of drug-likeness (QED) is 0.0261. The highest BCUT2D eigenvalue weighted by Crippen LogP contribution is 2.17. The normalized spacial score (nSPS) is 12.6. The van der Waals surface area contributed by atoms with E-state index in [1.165, 1.54) is 180 Å². The highest BCUT2D eigenvalue weighted by molar-refractivity contribution is 5.71. The lowest BCUT2D eigenvalue weighted by atomic mass is 10.0. The van der Waals surface area contributed by atoms with E-state index in [1.54, 1.807) is 0 Å². The van der Waals surface area contributed by atoms with Gasteiger partial charge in [0.1, 0.15) is 13.2 Å². The van der Waals surface area contributed by atoms with Crippen molar-refractivity contribution in [2.24, 2.45) is 0 Å². The van der Waals surface area contributed by atoms with Gasteiger partial charge in [-0.25, -0.2) is 0 Å². The van der Waals surface area contributed by atoms with Crippen LogP contribution in [0.15, 0.2) is 85.1 Å². The summed E-state index contributed by atoms with van der Waals surface area (Å²) in [4.78, 5) is 37.9. The maximum Gasteiger partial charge on any atom is 0.306 e. The molecule has 438 valence electrons. The zero-order valence-electron chi connectivity index (χ0n) is 50.3. The van der Waals surface area contributed by atoms with Crippen LogP contribution >= 0.6 is 0 Å². The molecule has 0 aliphatic carbocycles. The number of hydrogen-bond acceptors (Lipinski definition) is 6. The van der Waals surface area contributed by atoms with Gasteiger partial charge in [0.15, 0.2) is 6.10 Å². The Kier molecular flexibility index (Phi) is 61.2. The van der Waals surface area contributed by atoms with Gasteiger partial charge in [-0.05, 0) is 96.3 Å². The molecule has 0 bridgehead atoms. The molecule has 0 aliphatic rings. The minimum absolute atomic E-state index is 0.0744. The number of carbonyl (C=O) groups is 3. The Bertz CT molecular complexity index is 1450.